The van der Waals surface area contributed by atoms with Gasteiger partial charge in [0.05, 0.1) is 12.2 Å². The van der Waals surface area contributed by atoms with E-state index in [0.29, 0.717) is 12.5 Å². The number of fused-ring (bicyclic) bond motifs is 1. The first-order valence-electron chi connectivity index (χ1n) is 8.97. The fourth-order valence-electron chi connectivity index (χ4n) is 2.73. The van der Waals surface area contributed by atoms with Crippen LogP contribution in [-0.4, -0.2) is 47.6 Å². The highest BCUT2D eigenvalue weighted by Crippen LogP contribution is 2.27. The van der Waals surface area contributed by atoms with Gasteiger partial charge in [0, 0.05) is 18.5 Å². The molecule has 0 amide bonds. The summed E-state index contributed by atoms with van der Waals surface area (Å²) in [6.45, 7) is 9.03. The third-order valence-electron chi connectivity index (χ3n) is 3.74. The first-order valence-corrected chi connectivity index (χ1v) is 9.79. The Balaban J connectivity index is 1.99. The minimum absolute atomic E-state index is 0.0122. The van der Waals surface area contributed by atoms with Crippen LogP contribution in [-0.2, 0) is 28.9 Å². The lowest BCUT2D eigenvalue weighted by atomic mass is 10.0. The zero-order valence-electron chi connectivity index (χ0n) is 16.0. The second-order valence-electron chi connectivity index (χ2n) is 7.30. The summed E-state index contributed by atoms with van der Waals surface area (Å²) in [7, 11) is 1.97. The van der Waals surface area contributed by atoms with Crippen molar-refractivity contribution in [3.05, 3.63) is 15.6 Å². The Morgan fingerprint density at radius 2 is 2.08 bits per heavy atom. The molecule has 0 fully saturated rings. The normalized spacial score (nSPS) is 14.8. The Bertz CT molecular complexity index is 596. The first kappa shape index (κ1) is 19.7. The molecule has 1 N–H and O–H groups in total. The molecule has 7 heteroatoms. The molecule has 0 saturated carbocycles. The summed E-state index contributed by atoms with van der Waals surface area (Å²) in [6.07, 6.45) is 4.77. The summed E-state index contributed by atoms with van der Waals surface area (Å²) >= 11 is 1.80. The Morgan fingerprint density at radius 1 is 1.36 bits per heavy atom. The van der Waals surface area contributed by atoms with Gasteiger partial charge in [0.25, 0.3) is 0 Å². The lowest BCUT2D eigenvalue weighted by Crippen LogP contribution is -2.39. The number of nitrogens with zero attached hydrogens (tertiary/aromatic N) is 3. The molecule has 0 saturated heterocycles. The van der Waals surface area contributed by atoms with E-state index in [-0.39, 0.29) is 12.5 Å². The predicted octanol–water partition coefficient (Wildman–Crippen LogP) is 2.76. The average molecular weight is 367 g/mol. The number of carbonyl (C=O) groups excluding carboxylic acids is 1. The Labute approximate surface area is 154 Å². The number of hydrogen-bond acceptors (Lipinski definition) is 5. The lowest BCUT2D eigenvalue weighted by molar-refractivity contribution is -0.152. The van der Waals surface area contributed by atoms with Gasteiger partial charge in [-0.05, 0) is 53.4 Å². The molecule has 2 rings (SSSR count). The monoisotopic (exact) mass is 366 g/mol. The first-order chi connectivity index (χ1) is 11.8. The summed E-state index contributed by atoms with van der Waals surface area (Å²) in [4.78, 5) is 24.5. The van der Waals surface area contributed by atoms with Crippen molar-refractivity contribution in [2.45, 2.75) is 65.5 Å². The number of esters is 1. The van der Waals surface area contributed by atoms with E-state index >= 15 is 0 Å². The molecule has 1 heterocycles. The number of aryl methyl sites for hydroxylation is 2. The molecule has 0 atom stereocenters. The summed E-state index contributed by atoms with van der Waals surface area (Å²) in [5.74, 6) is 0.377. The number of ether oxygens (including phenoxy) is 1. The number of nitrogens with one attached hydrogen (secondary N) is 1. The van der Waals surface area contributed by atoms with Crippen LogP contribution in [0.15, 0.2) is 4.99 Å². The van der Waals surface area contributed by atoms with Gasteiger partial charge in [-0.2, -0.15) is 0 Å². The van der Waals surface area contributed by atoms with Crippen LogP contribution in [0.25, 0.3) is 0 Å². The van der Waals surface area contributed by atoms with Gasteiger partial charge in [-0.1, -0.05) is 0 Å². The van der Waals surface area contributed by atoms with E-state index in [9.17, 15) is 4.79 Å². The van der Waals surface area contributed by atoms with Crippen molar-refractivity contribution in [1.29, 1.82) is 0 Å². The van der Waals surface area contributed by atoms with Crippen molar-refractivity contribution in [3.63, 3.8) is 0 Å². The van der Waals surface area contributed by atoms with Crippen LogP contribution in [0, 0.1) is 0 Å². The molecule has 1 aliphatic rings. The molecule has 1 aromatic heterocycles. The van der Waals surface area contributed by atoms with Gasteiger partial charge < -0.3 is 15.0 Å². The molecule has 6 nitrogen and oxygen atoms in total. The largest absolute Gasteiger partial charge is 0.459 e. The van der Waals surface area contributed by atoms with Crippen molar-refractivity contribution in [1.82, 2.24) is 15.2 Å². The fraction of sp³-hybridized carbons (Fsp3) is 0.722. The molecule has 0 spiro atoms. The summed E-state index contributed by atoms with van der Waals surface area (Å²) < 4.78 is 5.32. The predicted molar refractivity (Wildman–Crippen MR) is 102 cm³/mol. The highest BCUT2D eigenvalue weighted by Gasteiger charge is 2.18. The number of thiazole rings is 1. The highest BCUT2D eigenvalue weighted by molar-refractivity contribution is 7.11. The van der Waals surface area contributed by atoms with Crippen LogP contribution in [0.1, 0.15) is 56.1 Å². The van der Waals surface area contributed by atoms with Crippen molar-refractivity contribution in [2.24, 2.45) is 4.99 Å². The Morgan fingerprint density at radius 3 is 2.72 bits per heavy atom. The topological polar surface area (TPSA) is 66.8 Å². The van der Waals surface area contributed by atoms with Crippen LogP contribution >= 0.6 is 11.3 Å². The molecule has 0 radical (unpaired) electrons. The maximum atomic E-state index is 11.9. The molecule has 0 aromatic carbocycles. The molecule has 0 aliphatic heterocycles. The van der Waals surface area contributed by atoms with Crippen LogP contribution in [0.4, 0.5) is 0 Å². The highest BCUT2D eigenvalue weighted by atomic mass is 32.1. The number of carbonyl (C=O) groups is 1. The molecule has 25 heavy (non-hydrogen) atoms. The van der Waals surface area contributed by atoms with E-state index < -0.39 is 5.60 Å². The third kappa shape index (κ3) is 6.30. The summed E-state index contributed by atoms with van der Waals surface area (Å²) in [5, 5.41) is 4.34. The second-order valence-corrected chi connectivity index (χ2v) is 8.47. The molecule has 0 unspecified atom stereocenters. The van der Waals surface area contributed by atoms with E-state index in [2.05, 4.69) is 10.3 Å². The van der Waals surface area contributed by atoms with Gasteiger partial charge in [0.1, 0.15) is 17.2 Å². The van der Waals surface area contributed by atoms with Gasteiger partial charge in [-0.25, -0.2) is 9.98 Å². The van der Waals surface area contributed by atoms with Gasteiger partial charge in [-0.3, -0.25) is 4.79 Å². The van der Waals surface area contributed by atoms with Crippen molar-refractivity contribution in [3.8, 4) is 0 Å². The zero-order valence-corrected chi connectivity index (χ0v) is 16.8. The Kier molecular flexibility index (Phi) is 6.81. The van der Waals surface area contributed by atoms with Crippen LogP contribution < -0.4 is 5.32 Å². The molecular formula is C18H30N4O2S. The van der Waals surface area contributed by atoms with E-state index in [1.54, 1.807) is 11.3 Å². The summed E-state index contributed by atoms with van der Waals surface area (Å²) in [6, 6.07) is 0. The quantitative estimate of drug-likeness (QED) is 0.493. The molecule has 0 bridgehead atoms. The van der Waals surface area contributed by atoms with Gasteiger partial charge in [0.15, 0.2) is 5.96 Å². The van der Waals surface area contributed by atoms with E-state index in [1.165, 1.54) is 23.4 Å². The van der Waals surface area contributed by atoms with E-state index in [1.807, 2.05) is 39.6 Å². The SMILES string of the molecule is CCNC(=NCC(=O)OC(C)(C)C)N(C)Cc1nc2c(s1)CCCC2. The molecule has 1 aromatic rings. The van der Waals surface area contributed by atoms with Crippen molar-refractivity contribution < 1.29 is 9.53 Å². The van der Waals surface area contributed by atoms with E-state index in [4.69, 9.17) is 9.72 Å². The van der Waals surface area contributed by atoms with Gasteiger partial charge in [-0.15, -0.1) is 11.3 Å². The van der Waals surface area contributed by atoms with Gasteiger partial charge >= 0.3 is 5.97 Å². The second kappa shape index (κ2) is 8.65. The molecular weight excluding hydrogens is 336 g/mol. The van der Waals surface area contributed by atoms with Crippen molar-refractivity contribution in [2.75, 3.05) is 20.1 Å². The van der Waals surface area contributed by atoms with Crippen LogP contribution in [0.2, 0.25) is 0 Å². The summed E-state index contributed by atoms with van der Waals surface area (Å²) in [5.41, 5.74) is 0.784. The number of hydrogen-bond donors (Lipinski definition) is 1. The number of guanidine groups is 1. The maximum Gasteiger partial charge on any atom is 0.328 e. The minimum Gasteiger partial charge on any atom is -0.459 e. The molecule has 1 aliphatic carbocycles. The maximum absolute atomic E-state index is 11.9. The third-order valence-corrected chi connectivity index (χ3v) is 4.88. The molecule has 140 valence electrons. The standard InChI is InChI=1S/C18H30N4O2S/c1-6-19-17(20-11-16(23)24-18(2,3)4)22(5)12-15-21-13-9-7-8-10-14(13)25-15/h6-12H2,1-5H3,(H,19,20). The smallest absolute Gasteiger partial charge is 0.328 e. The lowest BCUT2D eigenvalue weighted by Gasteiger charge is -2.22. The van der Waals surface area contributed by atoms with Crippen molar-refractivity contribution >= 4 is 23.3 Å². The van der Waals surface area contributed by atoms with Crippen LogP contribution in [0.3, 0.4) is 0 Å². The van der Waals surface area contributed by atoms with Crippen LogP contribution in [0.5, 0.6) is 0 Å². The average Bonchev–Trinajstić information content (AvgIpc) is 2.91. The number of aliphatic imine (C=N–C) groups is 1. The number of aromatic nitrogens is 1. The minimum atomic E-state index is -0.489. The Hall–Kier alpha value is -1.63. The fourth-order valence-corrected chi connectivity index (χ4v) is 3.94. The number of rotatable bonds is 5. The van der Waals surface area contributed by atoms with E-state index in [0.717, 1.165) is 24.4 Å². The van der Waals surface area contributed by atoms with Gasteiger partial charge in [0.2, 0.25) is 0 Å². The zero-order chi connectivity index (χ0) is 18.4.